The molecule has 8 nitrogen and oxygen atoms in total. The second-order valence-corrected chi connectivity index (χ2v) is 8.80. The lowest BCUT2D eigenvalue weighted by Gasteiger charge is -2.19. The fraction of sp³-hybridized carbons (Fsp3) is 0.172. The van der Waals surface area contributed by atoms with Crippen LogP contribution in [0.4, 0.5) is 0 Å². The molecule has 0 spiro atoms. The molecule has 0 bridgehead atoms. The van der Waals surface area contributed by atoms with Gasteiger partial charge in [-0.3, -0.25) is 4.79 Å². The number of benzene rings is 3. The smallest absolute Gasteiger partial charge is 0.343 e. The number of H-pyrrole nitrogens is 1. The van der Waals surface area contributed by atoms with E-state index in [2.05, 4.69) is 10.3 Å². The molecule has 0 saturated carbocycles. The first-order valence-corrected chi connectivity index (χ1v) is 11.9. The van der Waals surface area contributed by atoms with Crippen LogP contribution in [0.15, 0.2) is 82.1 Å². The average molecular weight is 499 g/mol. The third-order valence-electron chi connectivity index (χ3n) is 6.55. The van der Waals surface area contributed by atoms with Gasteiger partial charge in [-0.15, -0.1) is 0 Å². The Morgan fingerprint density at radius 1 is 1.05 bits per heavy atom. The number of hydrogen-bond acceptors (Lipinski definition) is 6. The fourth-order valence-corrected chi connectivity index (χ4v) is 4.70. The predicted molar refractivity (Wildman–Crippen MR) is 140 cm³/mol. The van der Waals surface area contributed by atoms with Crippen molar-refractivity contribution in [2.24, 2.45) is 0 Å². The number of carbonyl (C=O) groups is 1. The van der Waals surface area contributed by atoms with E-state index in [0.717, 1.165) is 16.5 Å². The molecule has 188 valence electrons. The molecule has 0 radical (unpaired) electrons. The van der Waals surface area contributed by atoms with Crippen molar-refractivity contribution in [1.29, 1.82) is 0 Å². The van der Waals surface area contributed by atoms with Gasteiger partial charge in [0, 0.05) is 36.0 Å². The number of ether oxygens (including phenoxy) is 1. The van der Waals surface area contributed by atoms with Crippen LogP contribution in [-0.4, -0.2) is 34.8 Å². The summed E-state index contributed by atoms with van der Waals surface area (Å²) in [5, 5.41) is 25.8. The molecule has 0 saturated heterocycles. The van der Waals surface area contributed by atoms with Crippen LogP contribution in [0, 0.1) is 0 Å². The van der Waals surface area contributed by atoms with Gasteiger partial charge in [-0.1, -0.05) is 36.4 Å². The monoisotopic (exact) mass is 498 g/mol. The second-order valence-electron chi connectivity index (χ2n) is 8.80. The molecule has 3 aromatic carbocycles. The SMILES string of the molecule is COc1ccc(C(CC(=O)NCCc2c[nH]c3ccccc23)c2c(O)c3ccccc3oc2=O)cc1O. The quantitative estimate of drug-likeness (QED) is 0.232. The summed E-state index contributed by atoms with van der Waals surface area (Å²) in [4.78, 5) is 29.3. The van der Waals surface area contributed by atoms with E-state index in [1.54, 1.807) is 36.4 Å². The van der Waals surface area contributed by atoms with Crippen LogP contribution in [0.2, 0.25) is 0 Å². The van der Waals surface area contributed by atoms with Crippen LogP contribution < -0.4 is 15.7 Å². The van der Waals surface area contributed by atoms with Crippen molar-refractivity contribution in [3.8, 4) is 17.2 Å². The van der Waals surface area contributed by atoms with Gasteiger partial charge < -0.3 is 29.7 Å². The molecule has 8 heteroatoms. The number of aromatic amines is 1. The van der Waals surface area contributed by atoms with Gasteiger partial charge in [-0.2, -0.15) is 0 Å². The minimum absolute atomic E-state index is 0.0463. The molecular weight excluding hydrogens is 472 g/mol. The summed E-state index contributed by atoms with van der Waals surface area (Å²) in [6.45, 7) is 0.388. The number of hydrogen-bond donors (Lipinski definition) is 4. The topological polar surface area (TPSA) is 125 Å². The van der Waals surface area contributed by atoms with Crippen LogP contribution in [-0.2, 0) is 11.2 Å². The summed E-state index contributed by atoms with van der Waals surface area (Å²) in [7, 11) is 1.43. The van der Waals surface area contributed by atoms with Crippen molar-refractivity contribution in [3.63, 3.8) is 0 Å². The highest BCUT2D eigenvalue weighted by Crippen LogP contribution is 2.38. The normalized spacial score (nSPS) is 12.0. The molecule has 0 aliphatic heterocycles. The molecule has 4 N–H and O–H groups in total. The minimum Gasteiger partial charge on any atom is -0.507 e. The summed E-state index contributed by atoms with van der Waals surface area (Å²) in [6.07, 6.45) is 2.40. The first-order chi connectivity index (χ1) is 18.0. The average Bonchev–Trinajstić information content (AvgIpc) is 3.31. The standard InChI is InChI=1S/C29H26N2O6/c1-36-25-11-10-17(14-23(25)32)21(27-28(34)20-7-3-5-9-24(20)37-29(27)35)15-26(33)30-13-12-18-16-31-22-8-4-2-6-19(18)22/h2-11,14,16,21,31-32,34H,12-13,15H2,1H3,(H,30,33). The van der Waals surface area contributed by atoms with Gasteiger partial charge in [-0.05, 0) is 47.9 Å². The highest BCUT2D eigenvalue weighted by atomic mass is 16.5. The van der Waals surface area contributed by atoms with Crippen molar-refractivity contribution in [3.05, 3.63) is 100 Å². The molecule has 37 heavy (non-hydrogen) atoms. The number of amides is 1. The Balaban J connectivity index is 1.43. The third-order valence-corrected chi connectivity index (χ3v) is 6.55. The van der Waals surface area contributed by atoms with E-state index in [1.165, 1.54) is 13.2 Å². The van der Waals surface area contributed by atoms with Crippen LogP contribution >= 0.6 is 0 Å². The third kappa shape index (κ3) is 4.73. The highest BCUT2D eigenvalue weighted by Gasteiger charge is 2.27. The first-order valence-electron chi connectivity index (χ1n) is 11.9. The molecule has 2 heterocycles. The van der Waals surface area contributed by atoms with Gasteiger partial charge in [0.15, 0.2) is 11.5 Å². The lowest BCUT2D eigenvalue weighted by atomic mass is 9.87. The predicted octanol–water partition coefficient (Wildman–Crippen LogP) is 4.58. The largest absolute Gasteiger partial charge is 0.507 e. The van der Waals surface area contributed by atoms with Crippen molar-refractivity contribution in [2.75, 3.05) is 13.7 Å². The van der Waals surface area contributed by atoms with Crippen LogP contribution in [0.3, 0.4) is 0 Å². The van der Waals surface area contributed by atoms with Gasteiger partial charge in [0.05, 0.1) is 18.1 Å². The fourth-order valence-electron chi connectivity index (χ4n) is 4.70. The Labute approximate surface area is 212 Å². The molecular formula is C29H26N2O6. The number of aromatic hydroxyl groups is 2. The maximum Gasteiger partial charge on any atom is 0.343 e. The Morgan fingerprint density at radius 3 is 2.59 bits per heavy atom. The number of phenols is 1. The van der Waals surface area contributed by atoms with Gasteiger partial charge in [0.25, 0.3) is 0 Å². The molecule has 1 atom stereocenters. The zero-order valence-electron chi connectivity index (χ0n) is 20.2. The lowest BCUT2D eigenvalue weighted by molar-refractivity contribution is -0.121. The Hall–Kier alpha value is -4.72. The number of methoxy groups -OCH3 is 1. The molecule has 0 aliphatic carbocycles. The van der Waals surface area contributed by atoms with Gasteiger partial charge in [-0.25, -0.2) is 4.79 Å². The van der Waals surface area contributed by atoms with E-state index in [0.29, 0.717) is 23.9 Å². The minimum atomic E-state index is -0.870. The van der Waals surface area contributed by atoms with Crippen molar-refractivity contribution in [1.82, 2.24) is 10.3 Å². The Kier molecular flexibility index (Phi) is 6.55. The van der Waals surface area contributed by atoms with Crippen LogP contribution in [0.25, 0.3) is 21.9 Å². The number of fused-ring (bicyclic) bond motifs is 2. The second kappa shape index (κ2) is 10.1. The first kappa shape index (κ1) is 24.0. The molecule has 5 rings (SSSR count). The highest BCUT2D eigenvalue weighted by molar-refractivity contribution is 5.85. The summed E-state index contributed by atoms with van der Waals surface area (Å²) in [6, 6.07) is 19.2. The van der Waals surface area contributed by atoms with Gasteiger partial charge in [0.2, 0.25) is 5.91 Å². The maximum absolute atomic E-state index is 13.1. The van der Waals surface area contributed by atoms with E-state index in [4.69, 9.17) is 9.15 Å². The van der Waals surface area contributed by atoms with E-state index >= 15 is 0 Å². The van der Waals surface area contributed by atoms with Crippen molar-refractivity contribution < 1.29 is 24.2 Å². The zero-order chi connectivity index (χ0) is 25.9. The maximum atomic E-state index is 13.1. The van der Waals surface area contributed by atoms with E-state index in [1.807, 2.05) is 30.5 Å². The summed E-state index contributed by atoms with van der Waals surface area (Å²) in [5.74, 6) is -1.33. The number of nitrogens with one attached hydrogen (secondary N) is 2. The molecule has 1 amide bonds. The molecule has 0 fully saturated rings. The summed E-state index contributed by atoms with van der Waals surface area (Å²) < 4.78 is 10.6. The van der Waals surface area contributed by atoms with Gasteiger partial charge in [0.1, 0.15) is 11.3 Å². The van der Waals surface area contributed by atoms with E-state index in [-0.39, 0.29) is 40.7 Å². The number of carbonyl (C=O) groups excluding carboxylic acids is 1. The number of rotatable bonds is 8. The van der Waals surface area contributed by atoms with Crippen molar-refractivity contribution >= 4 is 27.8 Å². The number of para-hydroxylation sites is 2. The van der Waals surface area contributed by atoms with Crippen LogP contribution in [0.1, 0.15) is 29.0 Å². The molecule has 1 unspecified atom stereocenters. The summed E-state index contributed by atoms with van der Waals surface area (Å²) >= 11 is 0. The van der Waals surface area contributed by atoms with E-state index < -0.39 is 11.5 Å². The lowest BCUT2D eigenvalue weighted by Crippen LogP contribution is -2.28. The number of aromatic nitrogens is 1. The summed E-state index contributed by atoms with van der Waals surface area (Å²) in [5.41, 5.74) is 2.02. The van der Waals surface area contributed by atoms with E-state index in [9.17, 15) is 19.8 Å². The number of phenolic OH excluding ortho intramolecular Hbond substituents is 1. The van der Waals surface area contributed by atoms with Crippen LogP contribution in [0.5, 0.6) is 17.2 Å². The molecule has 2 aromatic heterocycles. The molecule has 5 aromatic rings. The molecule has 0 aliphatic rings. The Morgan fingerprint density at radius 2 is 1.81 bits per heavy atom. The zero-order valence-corrected chi connectivity index (χ0v) is 20.2. The van der Waals surface area contributed by atoms with Gasteiger partial charge >= 0.3 is 5.63 Å². The van der Waals surface area contributed by atoms with Crippen molar-refractivity contribution in [2.45, 2.75) is 18.8 Å². The Bertz CT molecular complexity index is 1650.